The lowest BCUT2D eigenvalue weighted by molar-refractivity contribution is -0.122. The molecule has 2 aromatic rings. The van der Waals surface area contributed by atoms with E-state index in [4.69, 9.17) is 4.74 Å². The summed E-state index contributed by atoms with van der Waals surface area (Å²) < 4.78 is 6.38. The molecule has 0 unspecified atom stereocenters. The lowest BCUT2D eigenvalue weighted by Crippen LogP contribution is -2.30. The number of hydrogen-bond acceptors (Lipinski definition) is 3. The molecule has 1 atom stereocenters. The van der Waals surface area contributed by atoms with Crippen LogP contribution < -0.4 is 10.1 Å². The van der Waals surface area contributed by atoms with Crippen LogP contribution in [0.4, 0.5) is 5.69 Å². The topological polar surface area (TPSA) is 55.4 Å². The predicted molar refractivity (Wildman–Crippen MR) is 94.1 cm³/mol. The molecule has 4 nitrogen and oxygen atoms in total. The van der Waals surface area contributed by atoms with E-state index in [9.17, 15) is 9.59 Å². The highest BCUT2D eigenvalue weighted by molar-refractivity contribution is 9.10. The van der Waals surface area contributed by atoms with Gasteiger partial charge in [0.1, 0.15) is 5.75 Å². The number of carbonyl (C=O) groups excluding carboxylic acids is 2. The largest absolute Gasteiger partial charge is 0.480 e. The van der Waals surface area contributed by atoms with Crippen molar-refractivity contribution < 1.29 is 14.3 Å². The van der Waals surface area contributed by atoms with Crippen LogP contribution in [-0.2, 0) is 11.2 Å². The minimum Gasteiger partial charge on any atom is -0.480 e. The molecule has 0 aliphatic carbocycles. The third-order valence-corrected chi connectivity index (χ3v) is 3.89. The third-order valence-electron chi connectivity index (χ3n) is 3.40. The van der Waals surface area contributed by atoms with Gasteiger partial charge in [0, 0.05) is 10.2 Å². The molecule has 2 rings (SSSR count). The van der Waals surface area contributed by atoms with Crippen LogP contribution in [0.2, 0.25) is 0 Å². The fraction of sp³-hybridized carbons (Fsp3) is 0.222. The van der Waals surface area contributed by atoms with Crippen LogP contribution in [0.15, 0.2) is 46.9 Å². The van der Waals surface area contributed by atoms with Crippen LogP contribution in [0.3, 0.4) is 0 Å². The number of rotatable bonds is 6. The SMILES string of the molecule is CCc1ccc(NC(=O)[C@H](C)Oc2ccc(Br)cc2C=O)cc1. The smallest absolute Gasteiger partial charge is 0.265 e. The van der Waals surface area contributed by atoms with E-state index in [1.807, 2.05) is 24.3 Å². The molecule has 0 aromatic heterocycles. The average molecular weight is 376 g/mol. The van der Waals surface area contributed by atoms with Crippen LogP contribution in [0.5, 0.6) is 5.75 Å². The van der Waals surface area contributed by atoms with E-state index in [2.05, 4.69) is 28.2 Å². The summed E-state index contributed by atoms with van der Waals surface area (Å²) in [5.41, 5.74) is 2.32. The Hall–Kier alpha value is -2.14. The fourth-order valence-electron chi connectivity index (χ4n) is 2.03. The first-order valence-electron chi connectivity index (χ1n) is 7.34. The van der Waals surface area contributed by atoms with Crippen LogP contribution in [0, 0.1) is 0 Å². The van der Waals surface area contributed by atoms with Crippen LogP contribution in [-0.4, -0.2) is 18.3 Å². The highest BCUT2D eigenvalue weighted by atomic mass is 79.9. The van der Waals surface area contributed by atoms with Gasteiger partial charge in [0.2, 0.25) is 0 Å². The summed E-state index contributed by atoms with van der Waals surface area (Å²) >= 11 is 3.29. The molecule has 0 saturated heterocycles. The average Bonchev–Trinajstić information content (AvgIpc) is 2.57. The maximum absolute atomic E-state index is 12.2. The molecule has 1 amide bonds. The Morgan fingerprint density at radius 2 is 1.96 bits per heavy atom. The minimum atomic E-state index is -0.722. The van der Waals surface area contributed by atoms with Gasteiger partial charge in [-0.25, -0.2) is 0 Å². The lowest BCUT2D eigenvalue weighted by Gasteiger charge is -2.16. The van der Waals surface area contributed by atoms with Crippen molar-refractivity contribution in [3.05, 3.63) is 58.1 Å². The lowest BCUT2D eigenvalue weighted by atomic mass is 10.1. The van der Waals surface area contributed by atoms with Gasteiger partial charge in [-0.3, -0.25) is 9.59 Å². The van der Waals surface area contributed by atoms with E-state index in [-0.39, 0.29) is 5.91 Å². The zero-order chi connectivity index (χ0) is 16.8. The Labute approximate surface area is 144 Å². The highest BCUT2D eigenvalue weighted by Crippen LogP contribution is 2.23. The molecule has 5 heteroatoms. The first-order chi connectivity index (χ1) is 11.0. The molecule has 120 valence electrons. The number of nitrogens with one attached hydrogen (secondary N) is 1. The molecule has 0 radical (unpaired) electrons. The molecular weight excluding hydrogens is 358 g/mol. The number of ether oxygens (including phenoxy) is 1. The normalized spacial score (nSPS) is 11.6. The second-order valence-corrected chi connectivity index (χ2v) is 6.02. The maximum Gasteiger partial charge on any atom is 0.265 e. The Kier molecular flexibility index (Phi) is 5.93. The van der Waals surface area contributed by atoms with Crippen LogP contribution in [0.1, 0.15) is 29.8 Å². The number of halogens is 1. The van der Waals surface area contributed by atoms with Gasteiger partial charge in [0.25, 0.3) is 5.91 Å². The molecule has 1 N–H and O–H groups in total. The first-order valence-corrected chi connectivity index (χ1v) is 8.14. The van der Waals surface area contributed by atoms with Gasteiger partial charge in [-0.15, -0.1) is 0 Å². The van der Waals surface area contributed by atoms with Crippen molar-refractivity contribution in [3.8, 4) is 5.75 Å². The number of benzene rings is 2. The number of carbonyl (C=O) groups is 2. The number of aryl methyl sites for hydroxylation is 1. The van der Waals surface area contributed by atoms with Gasteiger partial charge >= 0.3 is 0 Å². The van der Waals surface area contributed by atoms with Crippen molar-refractivity contribution in [1.29, 1.82) is 0 Å². The fourth-order valence-corrected chi connectivity index (χ4v) is 2.41. The maximum atomic E-state index is 12.2. The summed E-state index contributed by atoms with van der Waals surface area (Å²) in [5.74, 6) is 0.112. The second kappa shape index (κ2) is 7.92. The summed E-state index contributed by atoms with van der Waals surface area (Å²) in [5, 5.41) is 2.80. The van der Waals surface area contributed by atoms with E-state index >= 15 is 0 Å². The Morgan fingerprint density at radius 3 is 2.57 bits per heavy atom. The number of hydrogen-bond donors (Lipinski definition) is 1. The summed E-state index contributed by atoms with van der Waals surface area (Å²) in [6, 6.07) is 12.7. The number of aldehydes is 1. The Balaban J connectivity index is 2.03. The molecule has 23 heavy (non-hydrogen) atoms. The summed E-state index contributed by atoms with van der Waals surface area (Å²) in [7, 11) is 0. The van der Waals surface area contributed by atoms with Gasteiger partial charge in [-0.1, -0.05) is 35.0 Å². The summed E-state index contributed by atoms with van der Waals surface area (Å²) in [6.45, 7) is 3.72. The quantitative estimate of drug-likeness (QED) is 0.768. The molecule has 0 aliphatic rings. The zero-order valence-corrected chi connectivity index (χ0v) is 14.6. The third kappa shape index (κ3) is 4.66. The van der Waals surface area contributed by atoms with E-state index in [0.29, 0.717) is 23.3 Å². The van der Waals surface area contributed by atoms with E-state index in [1.54, 1.807) is 25.1 Å². The number of anilines is 1. The predicted octanol–water partition coefficient (Wildman–Crippen LogP) is 4.23. The van der Waals surface area contributed by atoms with Crippen molar-refractivity contribution in [3.63, 3.8) is 0 Å². The molecule has 0 saturated carbocycles. The summed E-state index contributed by atoms with van der Waals surface area (Å²) in [4.78, 5) is 23.3. The van der Waals surface area contributed by atoms with Gasteiger partial charge in [0.05, 0.1) is 5.56 Å². The second-order valence-electron chi connectivity index (χ2n) is 5.10. The van der Waals surface area contributed by atoms with Crippen molar-refractivity contribution in [2.24, 2.45) is 0 Å². The van der Waals surface area contributed by atoms with Gasteiger partial charge in [0.15, 0.2) is 12.4 Å². The van der Waals surface area contributed by atoms with E-state index < -0.39 is 6.10 Å². The molecule has 0 bridgehead atoms. The van der Waals surface area contributed by atoms with Crippen molar-refractivity contribution >= 4 is 33.8 Å². The molecule has 0 aliphatic heterocycles. The molecular formula is C18H18BrNO3. The Bertz CT molecular complexity index is 698. The van der Waals surface area contributed by atoms with E-state index in [1.165, 1.54) is 5.56 Å². The standard InChI is InChI=1S/C18H18BrNO3/c1-3-13-4-7-16(8-5-13)20-18(22)12(2)23-17-9-6-15(19)10-14(17)11-21/h4-12H,3H2,1-2H3,(H,20,22)/t12-/m0/s1. The van der Waals surface area contributed by atoms with Crippen LogP contribution >= 0.6 is 15.9 Å². The van der Waals surface area contributed by atoms with Crippen molar-refractivity contribution in [2.75, 3.05) is 5.32 Å². The first kappa shape index (κ1) is 17.2. The molecule has 0 heterocycles. The monoisotopic (exact) mass is 375 g/mol. The summed E-state index contributed by atoms with van der Waals surface area (Å²) in [6.07, 6.45) is 0.931. The highest BCUT2D eigenvalue weighted by Gasteiger charge is 2.16. The molecule has 0 spiro atoms. The van der Waals surface area contributed by atoms with Gasteiger partial charge in [-0.05, 0) is 49.2 Å². The zero-order valence-electron chi connectivity index (χ0n) is 13.0. The number of amides is 1. The minimum absolute atomic E-state index is 0.269. The van der Waals surface area contributed by atoms with E-state index in [0.717, 1.165) is 10.9 Å². The Morgan fingerprint density at radius 1 is 1.26 bits per heavy atom. The van der Waals surface area contributed by atoms with Crippen LogP contribution in [0.25, 0.3) is 0 Å². The van der Waals surface area contributed by atoms with Crippen molar-refractivity contribution in [1.82, 2.24) is 0 Å². The van der Waals surface area contributed by atoms with Crippen molar-refractivity contribution in [2.45, 2.75) is 26.4 Å². The molecule has 2 aromatic carbocycles. The van der Waals surface area contributed by atoms with Gasteiger partial charge in [-0.2, -0.15) is 0 Å². The van der Waals surface area contributed by atoms with Gasteiger partial charge < -0.3 is 10.1 Å². The molecule has 0 fully saturated rings.